The zero-order chi connectivity index (χ0) is 14.0. The number of aromatic hydroxyl groups is 1. The highest BCUT2D eigenvalue weighted by Crippen LogP contribution is 2.23. The molecule has 0 heterocycles. The minimum Gasteiger partial charge on any atom is -0.507 e. The number of carbonyl (C=O) groups is 1. The van der Waals surface area contributed by atoms with Gasteiger partial charge in [0.2, 0.25) is 0 Å². The van der Waals surface area contributed by atoms with Gasteiger partial charge in [0, 0.05) is 15.8 Å². The third-order valence-electron chi connectivity index (χ3n) is 2.73. The maximum absolute atomic E-state index is 12.1. The van der Waals surface area contributed by atoms with Crippen molar-refractivity contribution in [3.8, 4) is 5.75 Å². The summed E-state index contributed by atoms with van der Waals surface area (Å²) >= 11 is 3.26. The monoisotopic (exact) mass is 320 g/mol. The summed E-state index contributed by atoms with van der Waals surface area (Å²) in [6, 6.07) is 9.92. The van der Waals surface area contributed by atoms with Gasteiger partial charge in [0.25, 0.3) is 5.91 Å². The van der Waals surface area contributed by atoms with Gasteiger partial charge in [-0.3, -0.25) is 4.79 Å². The molecule has 2 aromatic rings. The van der Waals surface area contributed by atoms with Crippen molar-refractivity contribution in [3.05, 3.63) is 52.0 Å². The lowest BCUT2D eigenvalue weighted by atomic mass is 10.1. The van der Waals surface area contributed by atoms with Crippen molar-refractivity contribution in [1.82, 2.24) is 0 Å². The van der Waals surface area contributed by atoms with E-state index in [0.29, 0.717) is 11.4 Å². The topological polar surface area (TPSA) is 75.3 Å². The van der Waals surface area contributed by atoms with E-state index in [-0.39, 0.29) is 17.2 Å². The second-order valence-electron chi connectivity index (χ2n) is 4.19. The van der Waals surface area contributed by atoms with Crippen molar-refractivity contribution in [2.75, 3.05) is 11.1 Å². The van der Waals surface area contributed by atoms with E-state index in [1.165, 1.54) is 6.07 Å². The molecule has 0 radical (unpaired) electrons. The summed E-state index contributed by atoms with van der Waals surface area (Å²) in [6.45, 7) is 1.86. The van der Waals surface area contributed by atoms with Crippen molar-refractivity contribution < 1.29 is 9.90 Å². The largest absolute Gasteiger partial charge is 0.507 e. The number of rotatable bonds is 2. The van der Waals surface area contributed by atoms with E-state index in [4.69, 9.17) is 5.73 Å². The van der Waals surface area contributed by atoms with Gasteiger partial charge in [-0.25, -0.2) is 0 Å². The molecule has 5 heteroatoms. The molecule has 0 aliphatic rings. The molecular formula is C14H13BrN2O2. The van der Waals surface area contributed by atoms with Crippen LogP contribution < -0.4 is 11.1 Å². The van der Waals surface area contributed by atoms with Crippen LogP contribution in [0.5, 0.6) is 5.75 Å². The number of carbonyl (C=O) groups excluding carboxylic acids is 1. The standard InChI is InChI=1S/C14H13BrN2O2/c1-8-6-10(3-4-12(8)16)17-14(19)11-7-9(15)2-5-13(11)18/h2-7,18H,16H2,1H3,(H,17,19). The first-order chi connectivity index (χ1) is 8.97. The minimum atomic E-state index is -0.372. The summed E-state index contributed by atoms with van der Waals surface area (Å²) in [5.41, 5.74) is 8.12. The fourth-order valence-corrected chi connectivity index (χ4v) is 2.00. The molecule has 0 saturated carbocycles. The lowest BCUT2D eigenvalue weighted by Gasteiger charge is -2.09. The Balaban J connectivity index is 2.25. The van der Waals surface area contributed by atoms with E-state index in [9.17, 15) is 9.90 Å². The smallest absolute Gasteiger partial charge is 0.259 e. The van der Waals surface area contributed by atoms with Gasteiger partial charge in [-0.15, -0.1) is 0 Å². The van der Waals surface area contributed by atoms with E-state index in [1.54, 1.807) is 30.3 Å². The maximum Gasteiger partial charge on any atom is 0.259 e. The number of benzene rings is 2. The van der Waals surface area contributed by atoms with Crippen LogP contribution in [0.25, 0.3) is 0 Å². The Morgan fingerprint density at radius 1 is 1.26 bits per heavy atom. The van der Waals surface area contributed by atoms with Crippen LogP contribution in [0.3, 0.4) is 0 Å². The Bertz CT molecular complexity index is 641. The fourth-order valence-electron chi connectivity index (χ4n) is 1.64. The predicted molar refractivity (Wildman–Crippen MR) is 79.4 cm³/mol. The Morgan fingerprint density at radius 2 is 2.00 bits per heavy atom. The normalized spacial score (nSPS) is 10.2. The number of hydrogen-bond acceptors (Lipinski definition) is 3. The van der Waals surface area contributed by atoms with Gasteiger partial charge in [0.15, 0.2) is 0 Å². The van der Waals surface area contributed by atoms with Crippen LogP contribution in [0.4, 0.5) is 11.4 Å². The number of phenolic OH excluding ortho intramolecular Hbond substituents is 1. The van der Waals surface area contributed by atoms with E-state index < -0.39 is 0 Å². The van der Waals surface area contributed by atoms with Crippen LogP contribution in [0.2, 0.25) is 0 Å². The lowest BCUT2D eigenvalue weighted by Crippen LogP contribution is -2.12. The zero-order valence-electron chi connectivity index (χ0n) is 10.3. The molecular weight excluding hydrogens is 308 g/mol. The highest BCUT2D eigenvalue weighted by molar-refractivity contribution is 9.10. The molecule has 0 bridgehead atoms. The van der Waals surface area contributed by atoms with Crippen LogP contribution in [-0.4, -0.2) is 11.0 Å². The minimum absolute atomic E-state index is 0.0622. The third-order valence-corrected chi connectivity index (χ3v) is 3.22. The van der Waals surface area contributed by atoms with Crippen LogP contribution >= 0.6 is 15.9 Å². The fraction of sp³-hybridized carbons (Fsp3) is 0.0714. The van der Waals surface area contributed by atoms with Gasteiger partial charge >= 0.3 is 0 Å². The molecule has 2 rings (SSSR count). The molecule has 2 aromatic carbocycles. The molecule has 98 valence electrons. The molecule has 4 N–H and O–H groups in total. The molecule has 1 amide bonds. The van der Waals surface area contributed by atoms with Crippen LogP contribution in [0.1, 0.15) is 15.9 Å². The third kappa shape index (κ3) is 3.06. The average molecular weight is 321 g/mol. The summed E-state index contributed by atoms with van der Waals surface area (Å²) in [5.74, 6) is -0.434. The molecule has 0 atom stereocenters. The number of aryl methyl sites for hydroxylation is 1. The van der Waals surface area contributed by atoms with Gasteiger partial charge in [-0.05, 0) is 48.9 Å². The summed E-state index contributed by atoms with van der Waals surface area (Å²) in [4.78, 5) is 12.1. The van der Waals surface area contributed by atoms with E-state index in [1.807, 2.05) is 6.92 Å². The number of phenols is 1. The van der Waals surface area contributed by atoms with E-state index >= 15 is 0 Å². The Kier molecular flexibility index (Phi) is 3.76. The first kappa shape index (κ1) is 13.4. The van der Waals surface area contributed by atoms with Gasteiger partial charge < -0.3 is 16.2 Å². The molecule has 0 aliphatic carbocycles. The summed E-state index contributed by atoms with van der Waals surface area (Å²) < 4.78 is 0.726. The summed E-state index contributed by atoms with van der Waals surface area (Å²) in [7, 11) is 0. The van der Waals surface area contributed by atoms with E-state index in [2.05, 4.69) is 21.2 Å². The first-order valence-corrected chi connectivity index (χ1v) is 6.42. The first-order valence-electron chi connectivity index (χ1n) is 5.63. The molecule has 0 aromatic heterocycles. The summed E-state index contributed by atoms with van der Waals surface area (Å²) in [5, 5.41) is 12.4. The molecule has 0 fully saturated rings. The Hall–Kier alpha value is -2.01. The van der Waals surface area contributed by atoms with E-state index in [0.717, 1.165) is 10.0 Å². The number of hydrogen-bond donors (Lipinski definition) is 3. The molecule has 0 aliphatic heterocycles. The van der Waals surface area contributed by atoms with Crippen molar-refractivity contribution in [2.45, 2.75) is 6.92 Å². The Morgan fingerprint density at radius 3 is 2.68 bits per heavy atom. The number of nitrogens with one attached hydrogen (secondary N) is 1. The quantitative estimate of drug-likeness (QED) is 0.743. The number of nitrogens with two attached hydrogens (primary N) is 1. The van der Waals surface area contributed by atoms with Crippen molar-refractivity contribution >= 4 is 33.2 Å². The van der Waals surface area contributed by atoms with Gasteiger partial charge in [0.1, 0.15) is 5.75 Å². The zero-order valence-corrected chi connectivity index (χ0v) is 11.9. The van der Waals surface area contributed by atoms with Gasteiger partial charge in [0.05, 0.1) is 5.56 Å². The maximum atomic E-state index is 12.1. The van der Waals surface area contributed by atoms with Crippen LogP contribution in [-0.2, 0) is 0 Å². The van der Waals surface area contributed by atoms with Crippen molar-refractivity contribution in [1.29, 1.82) is 0 Å². The van der Waals surface area contributed by atoms with Crippen LogP contribution in [0, 0.1) is 6.92 Å². The predicted octanol–water partition coefficient (Wildman–Crippen LogP) is 3.30. The number of anilines is 2. The second kappa shape index (κ2) is 5.32. The molecule has 0 unspecified atom stereocenters. The average Bonchev–Trinajstić information content (AvgIpc) is 2.36. The number of amides is 1. The molecule has 4 nitrogen and oxygen atoms in total. The number of nitrogen functional groups attached to an aromatic ring is 1. The Labute approximate surface area is 119 Å². The molecule has 0 spiro atoms. The summed E-state index contributed by atoms with van der Waals surface area (Å²) in [6.07, 6.45) is 0. The van der Waals surface area contributed by atoms with Crippen LogP contribution in [0.15, 0.2) is 40.9 Å². The second-order valence-corrected chi connectivity index (χ2v) is 5.10. The van der Waals surface area contributed by atoms with Crippen molar-refractivity contribution in [3.63, 3.8) is 0 Å². The number of halogens is 1. The van der Waals surface area contributed by atoms with Crippen molar-refractivity contribution in [2.24, 2.45) is 0 Å². The molecule has 0 saturated heterocycles. The SMILES string of the molecule is Cc1cc(NC(=O)c2cc(Br)ccc2O)ccc1N. The molecule has 19 heavy (non-hydrogen) atoms. The van der Waals surface area contributed by atoms with Gasteiger partial charge in [-0.1, -0.05) is 15.9 Å². The highest BCUT2D eigenvalue weighted by Gasteiger charge is 2.12. The highest BCUT2D eigenvalue weighted by atomic mass is 79.9. The van der Waals surface area contributed by atoms with Gasteiger partial charge in [-0.2, -0.15) is 0 Å². The lowest BCUT2D eigenvalue weighted by molar-refractivity contribution is 0.102.